The van der Waals surface area contributed by atoms with Crippen molar-refractivity contribution in [2.45, 2.75) is 12.7 Å². The average Bonchev–Trinajstić information content (AvgIpc) is 3.03. The molecule has 0 aliphatic carbocycles. The van der Waals surface area contributed by atoms with Crippen molar-refractivity contribution in [3.63, 3.8) is 0 Å². The van der Waals surface area contributed by atoms with Crippen molar-refractivity contribution in [3.05, 3.63) is 71.0 Å². The lowest BCUT2D eigenvalue weighted by Crippen LogP contribution is -2.20. The maximum Gasteiger partial charge on any atom is 0.416 e. The van der Waals surface area contributed by atoms with Crippen LogP contribution < -0.4 is 10.6 Å². The van der Waals surface area contributed by atoms with Gasteiger partial charge in [-0.15, -0.1) is 5.10 Å². The van der Waals surface area contributed by atoms with E-state index in [0.29, 0.717) is 16.3 Å². The normalized spacial score (nSPS) is 11.3. The summed E-state index contributed by atoms with van der Waals surface area (Å²) in [5.41, 5.74) is 0.377. The Labute approximate surface area is 163 Å². The molecular weight excluding hydrogens is 399 g/mol. The zero-order valence-electron chi connectivity index (χ0n) is 13.7. The van der Waals surface area contributed by atoms with Crippen LogP contribution in [0.25, 0.3) is 0 Å². The highest BCUT2D eigenvalue weighted by Crippen LogP contribution is 2.29. The number of alkyl halides is 3. The average molecular weight is 412 g/mol. The van der Waals surface area contributed by atoms with E-state index in [4.69, 9.17) is 23.8 Å². The standard InChI is InChI=1S/C17H13ClF3N5S/c18-13-6-1-2-7-14(13)23-16(27)24-15-22-10-26(25-15)9-11-4-3-5-12(8-11)17(19,20)21/h1-8,10H,9H2,(H2,23,24,25,27). The van der Waals surface area contributed by atoms with Crippen LogP contribution in [-0.4, -0.2) is 19.9 Å². The summed E-state index contributed by atoms with van der Waals surface area (Å²) < 4.78 is 39.8. The maximum atomic E-state index is 12.8. The minimum atomic E-state index is -4.39. The fourth-order valence-electron chi connectivity index (χ4n) is 2.28. The van der Waals surface area contributed by atoms with Gasteiger partial charge in [-0.25, -0.2) is 9.67 Å². The van der Waals surface area contributed by atoms with Gasteiger partial charge in [-0.3, -0.25) is 5.32 Å². The number of para-hydroxylation sites is 1. The maximum absolute atomic E-state index is 12.8. The predicted molar refractivity (Wildman–Crippen MR) is 102 cm³/mol. The van der Waals surface area contributed by atoms with Crippen LogP contribution in [0.3, 0.4) is 0 Å². The van der Waals surface area contributed by atoms with Crippen molar-refractivity contribution in [2.75, 3.05) is 10.6 Å². The smallest absolute Gasteiger partial charge is 0.331 e. The summed E-state index contributed by atoms with van der Waals surface area (Å²) >= 11 is 11.2. The summed E-state index contributed by atoms with van der Waals surface area (Å²) in [7, 11) is 0. The molecule has 0 unspecified atom stereocenters. The first-order chi connectivity index (χ1) is 12.8. The Morgan fingerprint density at radius 1 is 1.11 bits per heavy atom. The molecule has 1 aromatic heterocycles. The number of hydrogen-bond acceptors (Lipinski definition) is 3. The van der Waals surface area contributed by atoms with E-state index in [0.717, 1.165) is 12.1 Å². The molecule has 0 radical (unpaired) electrons. The first kappa shape index (κ1) is 19.1. The summed E-state index contributed by atoms with van der Waals surface area (Å²) in [5.74, 6) is 0.214. The second-order valence-electron chi connectivity index (χ2n) is 5.52. The van der Waals surface area contributed by atoms with E-state index >= 15 is 0 Å². The van der Waals surface area contributed by atoms with Gasteiger partial charge in [0.05, 0.1) is 22.8 Å². The van der Waals surface area contributed by atoms with Gasteiger partial charge in [0, 0.05) is 0 Å². The molecule has 0 saturated heterocycles. The zero-order chi connectivity index (χ0) is 19.4. The number of anilines is 2. The Balaban J connectivity index is 1.63. The molecule has 140 valence electrons. The molecule has 2 N–H and O–H groups in total. The van der Waals surface area contributed by atoms with Crippen LogP contribution >= 0.6 is 23.8 Å². The molecule has 0 spiro atoms. The van der Waals surface area contributed by atoms with E-state index in [1.807, 2.05) is 0 Å². The zero-order valence-corrected chi connectivity index (χ0v) is 15.2. The van der Waals surface area contributed by atoms with E-state index < -0.39 is 11.7 Å². The van der Waals surface area contributed by atoms with E-state index in [2.05, 4.69) is 20.7 Å². The van der Waals surface area contributed by atoms with Crippen molar-refractivity contribution in [1.82, 2.24) is 14.8 Å². The third-order valence-electron chi connectivity index (χ3n) is 3.48. The van der Waals surface area contributed by atoms with Crippen LogP contribution in [0.4, 0.5) is 24.8 Å². The molecule has 1 heterocycles. The summed E-state index contributed by atoms with van der Waals surface area (Å²) in [6, 6.07) is 12.1. The van der Waals surface area contributed by atoms with Gasteiger partial charge < -0.3 is 5.32 Å². The minimum Gasteiger partial charge on any atom is -0.331 e. The first-order valence-electron chi connectivity index (χ1n) is 7.69. The summed E-state index contributed by atoms with van der Waals surface area (Å²) in [6.07, 6.45) is -2.98. The molecule has 27 heavy (non-hydrogen) atoms. The van der Waals surface area contributed by atoms with Crippen LogP contribution in [0.15, 0.2) is 54.9 Å². The number of hydrogen-bond donors (Lipinski definition) is 2. The fourth-order valence-corrected chi connectivity index (χ4v) is 2.66. The number of benzene rings is 2. The van der Waals surface area contributed by atoms with Gasteiger partial charge in [0.25, 0.3) is 0 Å². The number of rotatable bonds is 4. The Morgan fingerprint density at radius 3 is 2.63 bits per heavy atom. The monoisotopic (exact) mass is 411 g/mol. The quantitative estimate of drug-likeness (QED) is 0.603. The van der Waals surface area contributed by atoms with Gasteiger partial charge in [-0.1, -0.05) is 35.9 Å². The topological polar surface area (TPSA) is 54.8 Å². The van der Waals surface area contributed by atoms with Crippen molar-refractivity contribution in [3.8, 4) is 0 Å². The largest absolute Gasteiger partial charge is 0.416 e. The van der Waals surface area contributed by atoms with E-state index in [-0.39, 0.29) is 17.6 Å². The minimum absolute atomic E-state index is 0.142. The molecule has 2 aromatic carbocycles. The summed E-state index contributed by atoms with van der Waals surface area (Å²) in [4.78, 5) is 4.05. The van der Waals surface area contributed by atoms with Crippen LogP contribution in [0.1, 0.15) is 11.1 Å². The lowest BCUT2D eigenvalue weighted by molar-refractivity contribution is -0.137. The van der Waals surface area contributed by atoms with Gasteiger partial charge in [0.15, 0.2) is 5.11 Å². The van der Waals surface area contributed by atoms with Gasteiger partial charge in [-0.2, -0.15) is 13.2 Å². The van der Waals surface area contributed by atoms with Crippen molar-refractivity contribution in [1.29, 1.82) is 0 Å². The first-order valence-corrected chi connectivity index (χ1v) is 8.48. The van der Waals surface area contributed by atoms with Crippen LogP contribution in [0.2, 0.25) is 5.02 Å². The lowest BCUT2D eigenvalue weighted by Gasteiger charge is -2.09. The highest BCUT2D eigenvalue weighted by atomic mass is 35.5. The van der Waals surface area contributed by atoms with E-state index in [9.17, 15) is 13.2 Å². The van der Waals surface area contributed by atoms with Crippen LogP contribution in [0, 0.1) is 0 Å². The van der Waals surface area contributed by atoms with Crippen LogP contribution in [-0.2, 0) is 12.7 Å². The van der Waals surface area contributed by atoms with Crippen molar-refractivity contribution < 1.29 is 13.2 Å². The van der Waals surface area contributed by atoms with Crippen molar-refractivity contribution in [2.24, 2.45) is 0 Å². The Hall–Kier alpha value is -2.65. The van der Waals surface area contributed by atoms with Crippen molar-refractivity contribution >= 4 is 40.6 Å². The molecule has 0 amide bonds. The molecule has 3 rings (SSSR count). The molecule has 10 heteroatoms. The SMILES string of the molecule is FC(F)(F)c1cccc(Cn2cnc(NC(=S)Nc3ccccc3Cl)n2)c1. The van der Waals surface area contributed by atoms with Gasteiger partial charge in [-0.05, 0) is 42.0 Å². The molecule has 0 atom stereocenters. The summed E-state index contributed by atoms with van der Waals surface area (Å²) in [6.45, 7) is 0.142. The third kappa shape index (κ3) is 5.18. The predicted octanol–water partition coefficient (Wildman–Crippen LogP) is 4.81. The molecule has 0 aliphatic heterocycles. The number of halogens is 4. The van der Waals surface area contributed by atoms with Gasteiger partial charge in [0.1, 0.15) is 6.33 Å². The molecule has 0 saturated carbocycles. The molecule has 3 aromatic rings. The molecule has 0 fully saturated rings. The molecule has 0 aliphatic rings. The fraction of sp³-hybridized carbons (Fsp3) is 0.118. The third-order valence-corrected chi connectivity index (χ3v) is 4.02. The number of aromatic nitrogens is 3. The Morgan fingerprint density at radius 2 is 1.89 bits per heavy atom. The highest BCUT2D eigenvalue weighted by Gasteiger charge is 2.30. The number of thiocarbonyl (C=S) groups is 1. The number of nitrogens with one attached hydrogen (secondary N) is 2. The Kier molecular flexibility index (Phi) is 5.62. The Bertz CT molecular complexity index is 957. The molecule has 5 nitrogen and oxygen atoms in total. The highest BCUT2D eigenvalue weighted by molar-refractivity contribution is 7.80. The molecular formula is C17H13ClF3N5S. The lowest BCUT2D eigenvalue weighted by atomic mass is 10.1. The number of nitrogens with zero attached hydrogens (tertiary/aromatic N) is 3. The summed E-state index contributed by atoms with van der Waals surface area (Å²) in [5, 5.41) is 10.6. The second-order valence-corrected chi connectivity index (χ2v) is 6.34. The van der Waals surface area contributed by atoms with Gasteiger partial charge in [0.2, 0.25) is 5.95 Å². The second kappa shape index (κ2) is 7.93. The van der Waals surface area contributed by atoms with E-state index in [1.54, 1.807) is 30.3 Å². The van der Waals surface area contributed by atoms with E-state index in [1.165, 1.54) is 17.1 Å². The van der Waals surface area contributed by atoms with Gasteiger partial charge >= 0.3 is 6.18 Å². The van der Waals surface area contributed by atoms with Crippen LogP contribution in [0.5, 0.6) is 0 Å². The molecule has 0 bridgehead atoms.